The molecule has 0 radical (unpaired) electrons. The Balaban J connectivity index is 1.60. The Hall–Kier alpha value is -2.67. The van der Waals surface area contributed by atoms with Crippen molar-refractivity contribution in [1.29, 1.82) is 0 Å². The van der Waals surface area contributed by atoms with Gasteiger partial charge in [-0.25, -0.2) is 14.8 Å². The summed E-state index contributed by atoms with van der Waals surface area (Å²) in [7, 11) is 0. The maximum atomic E-state index is 12.6. The minimum absolute atomic E-state index is 0.180. The molecule has 0 aliphatic carbocycles. The van der Waals surface area contributed by atoms with E-state index in [1.54, 1.807) is 35.6 Å². The van der Waals surface area contributed by atoms with E-state index in [0.717, 1.165) is 18.5 Å². The van der Waals surface area contributed by atoms with Crippen LogP contribution in [0.3, 0.4) is 0 Å². The summed E-state index contributed by atoms with van der Waals surface area (Å²) in [4.78, 5) is 34.6. The van der Waals surface area contributed by atoms with Gasteiger partial charge in [-0.05, 0) is 44.0 Å². The minimum atomic E-state index is -0.260. The van der Waals surface area contributed by atoms with Crippen molar-refractivity contribution >= 4 is 29.2 Å². The highest BCUT2D eigenvalue weighted by Crippen LogP contribution is 2.27. The average molecular weight is 388 g/mol. The van der Waals surface area contributed by atoms with E-state index in [0.29, 0.717) is 41.8 Å². The van der Waals surface area contributed by atoms with Gasteiger partial charge in [0.1, 0.15) is 6.33 Å². The molecule has 2 N–H and O–H groups in total. The van der Waals surface area contributed by atoms with Gasteiger partial charge in [-0.1, -0.05) is 11.6 Å². The zero-order valence-corrected chi connectivity index (χ0v) is 15.9. The lowest BCUT2D eigenvalue weighted by Gasteiger charge is -2.31. The lowest BCUT2D eigenvalue weighted by molar-refractivity contribution is 0.0956. The van der Waals surface area contributed by atoms with E-state index in [2.05, 4.69) is 20.6 Å². The topological polar surface area (TPSA) is 87.2 Å². The largest absolute Gasteiger partial charge is 0.352 e. The SMILES string of the molecule is CCNC(=O)c1cc(NC(=O)N2CCC(c3ccncn3)CC2)ccc1Cl. The van der Waals surface area contributed by atoms with E-state index in [1.165, 1.54) is 0 Å². The molecule has 1 aromatic heterocycles. The second-order valence-electron chi connectivity index (χ2n) is 6.38. The summed E-state index contributed by atoms with van der Waals surface area (Å²) in [5.74, 6) is 0.0844. The standard InChI is InChI=1S/C19H22ClN5O2/c1-2-22-18(26)15-11-14(3-4-16(15)20)24-19(27)25-9-6-13(7-10-25)17-5-8-21-12-23-17/h3-5,8,11-13H,2,6-7,9-10H2,1H3,(H,22,26)(H,24,27). The van der Waals surface area contributed by atoms with Crippen LogP contribution in [0, 0.1) is 0 Å². The van der Waals surface area contributed by atoms with Crippen molar-refractivity contribution in [2.75, 3.05) is 25.0 Å². The Morgan fingerprint density at radius 3 is 2.70 bits per heavy atom. The first-order chi connectivity index (χ1) is 13.1. The molecule has 2 heterocycles. The molecule has 1 fully saturated rings. The number of nitrogens with one attached hydrogen (secondary N) is 2. The Bertz CT molecular complexity index is 807. The molecule has 27 heavy (non-hydrogen) atoms. The van der Waals surface area contributed by atoms with Crippen molar-refractivity contribution in [2.24, 2.45) is 0 Å². The van der Waals surface area contributed by atoms with Crippen molar-refractivity contribution in [3.05, 3.63) is 53.1 Å². The molecule has 8 heteroatoms. The number of halogens is 1. The first-order valence-corrected chi connectivity index (χ1v) is 9.36. The van der Waals surface area contributed by atoms with Gasteiger partial charge in [-0.3, -0.25) is 4.79 Å². The van der Waals surface area contributed by atoms with Gasteiger partial charge in [0, 0.05) is 43.1 Å². The highest BCUT2D eigenvalue weighted by molar-refractivity contribution is 6.34. The molecule has 142 valence electrons. The first kappa shape index (κ1) is 19.1. The van der Waals surface area contributed by atoms with E-state index in [4.69, 9.17) is 11.6 Å². The summed E-state index contributed by atoms with van der Waals surface area (Å²) in [5.41, 5.74) is 1.91. The van der Waals surface area contributed by atoms with Crippen LogP contribution in [0.2, 0.25) is 5.02 Å². The molecule has 3 amide bonds. The number of urea groups is 1. The number of aromatic nitrogens is 2. The van der Waals surface area contributed by atoms with Crippen LogP contribution in [-0.4, -0.2) is 46.4 Å². The van der Waals surface area contributed by atoms with Crippen LogP contribution in [0.5, 0.6) is 0 Å². The number of benzene rings is 1. The van der Waals surface area contributed by atoms with Gasteiger partial charge in [0.25, 0.3) is 5.91 Å². The number of piperidine rings is 1. The number of amides is 3. The maximum absolute atomic E-state index is 12.6. The van der Waals surface area contributed by atoms with Crippen molar-refractivity contribution < 1.29 is 9.59 Å². The molecule has 0 atom stereocenters. The van der Waals surface area contributed by atoms with Crippen LogP contribution in [-0.2, 0) is 0 Å². The number of anilines is 1. The number of carbonyl (C=O) groups is 2. The fourth-order valence-corrected chi connectivity index (χ4v) is 3.36. The summed E-state index contributed by atoms with van der Waals surface area (Å²) < 4.78 is 0. The van der Waals surface area contributed by atoms with Crippen LogP contribution in [0.25, 0.3) is 0 Å². The molecule has 1 saturated heterocycles. The van der Waals surface area contributed by atoms with Gasteiger partial charge < -0.3 is 15.5 Å². The first-order valence-electron chi connectivity index (χ1n) is 8.98. The van der Waals surface area contributed by atoms with Crippen molar-refractivity contribution in [3.8, 4) is 0 Å². The van der Waals surface area contributed by atoms with Crippen molar-refractivity contribution in [2.45, 2.75) is 25.7 Å². The molecular formula is C19H22ClN5O2. The van der Waals surface area contributed by atoms with E-state index in [1.807, 2.05) is 13.0 Å². The van der Waals surface area contributed by atoms with Gasteiger partial charge in [-0.15, -0.1) is 0 Å². The third kappa shape index (κ3) is 4.74. The zero-order chi connectivity index (χ0) is 19.2. The highest BCUT2D eigenvalue weighted by Gasteiger charge is 2.24. The summed E-state index contributed by atoms with van der Waals surface area (Å²) >= 11 is 6.09. The molecule has 2 aromatic rings. The lowest BCUT2D eigenvalue weighted by Crippen LogP contribution is -2.40. The molecule has 0 unspecified atom stereocenters. The van der Waals surface area contributed by atoms with E-state index < -0.39 is 0 Å². The van der Waals surface area contributed by atoms with E-state index in [-0.39, 0.29) is 11.9 Å². The molecule has 0 bridgehead atoms. The van der Waals surface area contributed by atoms with Gasteiger partial charge >= 0.3 is 6.03 Å². The fraction of sp³-hybridized carbons (Fsp3) is 0.368. The number of hydrogen-bond donors (Lipinski definition) is 2. The predicted molar refractivity (Wildman–Crippen MR) is 104 cm³/mol. The van der Waals surface area contributed by atoms with Crippen molar-refractivity contribution in [3.63, 3.8) is 0 Å². The monoisotopic (exact) mass is 387 g/mol. The summed E-state index contributed by atoms with van der Waals surface area (Å²) in [5, 5.41) is 5.92. The Kier molecular flexibility index (Phi) is 6.24. The number of nitrogens with zero attached hydrogens (tertiary/aromatic N) is 3. The number of rotatable bonds is 4. The van der Waals surface area contributed by atoms with Gasteiger partial charge in [0.05, 0.1) is 10.6 Å². The molecule has 1 aliphatic rings. The highest BCUT2D eigenvalue weighted by atomic mass is 35.5. The third-order valence-corrected chi connectivity index (χ3v) is 4.93. The van der Waals surface area contributed by atoms with Crippen LogP contribution < -0.4 is 10.6 Å². The minimum Gasteiger partial charge on any atom is -0.352 e. The smallest absolute Gasteiger partial charge is 0.321 e. The van der Waals surface area contributed by atoms with Gasteiger partial charge in [-0.2, -0.15) is 0 Å². The third-order valence-electron chi connectivity index (χ3n) is 4.60. The van der Waals surface area contributed by atoms with Crippen molar-refractivity contribution in [1.82, 2.24) is 20.2 Å². The van der Waals surface area contributed by atoms with Crippen LogP contribution >= 0.6 is 11.6 Å². The molecule has 0 saturated carbocycles. The second kappa shape index (κ2) is 8.81. The zero-order valence-electron chi connectivity index (χ0n) is 15.1. The quantitative estimate of drug-likeness (QED) is 0.842. The molecule has 1 aromatic carbocycles. The molecule has 0 spiro atoms. The molecule has 7 nitrogen and oxygen atoms in total. The summed E-state index contributed by atoms with van der Waals surface area (Å²) in [6.07, 6.45) is 5.01. The van der Waals surface area contributed by atoms with Crippen LogP contribution in [0.4, 0.5) is 10.5 Å². The predicted octanol–water partition coefficient (Wildman–Crippen LogP) is 3.29. The summed E-state index contributed by atoms with van der Waals surface area (Å²) in [6.45, 7) is 3.64. The van der Waals surface area contributed by atoms with Crippen LogP contribution in [0.1, 0.15) is 41.7 Å². The van der Waals surface area contributed by atoms with Gasteiger partial charge in [0.15, 0.2) is 0 Å². The molecule has 3 rings (SSSR count). The average Bonchev–Trinajstić information content (AvgIpc) is 2.70. The molecular weight excluding hydrogens is 366 g/mol. The summed E-state index contributed by atoms with van der Waals surface area (Å²) in [6, 6.07) is 6.65. The normalized spacial score (nSPS) is 14.7. The van der Waals surface area contributed by atoms with Crippen LogP contribution in [0.15, 0.2) is 36.8 Å². The lowest BCUT2D eigenvalue weighted by atomic mass is 9.93. The Labute approximate surface area is 163 Å². The van der Waals surface area contributed by atoms with Gasteiger partial charge in [0.2, 0.25) is 0 Å². The second-order valence-corrected chi connectivity index (χ2v) is 6.79. The maximum Gasteiger partial charge on any atom is 0.321 e. The van der Waals surface area contributed by atoms with E-state index >= 15 is 0 Å². The fourth-order valence-electron chi connectivity index (χ4n) is 3.16. The number of hydrogen-bond acceptors (Lipinski definition) is 4. The Morgan fingerprint density at radius 1 is 1.26 bits per heavy atom. The molecule has 1 aliphatic heterocycles. The Morgan fingerprint density at radius 2 is 2.04 bits per heavy atom. The van der Waals surface area contributed by atoms with E-state index in [9.17, 15) is 9.59 Å². The number of likely N-dealkylation sites (tertiary alicyclic amines) is 1. The number of carbonyl (C=O) groups excluding carboxylic acids is 2.